The number of nitrogens with zero attached hydrogens (tertiary/aromatic N) is 3. The second-order valence-electron chi connectivity index (χ2n) is 3.89. The summed E-state index contributed by atoms with van der Waals surface area (Å²) in [5, 5.41) is 15.6. The highest BCUT2D eigenvalue weighted by atomic mass is 16.4. The predicted molar refractivity (Wildman–Crippen MR) is 63.2 cm³/mol. The van der Waals surface area contributed by atoms with Gasteiger partial charge in [0, 0.05) is 11.9 Å². The van der Waals surface area contributed by atoms with Crippen LogP contribution in [0.3, 0.4) is 0 Å². The number of imidazole rings is 1. The molecule has 7 nitrogen and oxygen atoms in total. The van der Waals surface area contributed by atoms with Crippen molar-refractivity contribution < 1.29 is 9.90 Å². The van der Waals surface area contributed by atoms with Crippen LogP contribution in [0.1, 0.15) is 16.1 Å². The van der Waals surface area contributed by atoms with Crippen LogP contribution in [0.15, 0.2) is 18.5 Å². The molecule has 0 saturated heterocycles. The van der Waals surface area contributed by atoms with Crippen molar-refractivity contribution in [2.45, 2.75) is 6.92 Å². The van der Waals surface area contributed by atoms with Gasteiger partial charge >= 0.3 is 5.97 Å². The number of aromatic nitrogens is 5. The molecule has 3 heterocycles. The van der Waals surface area contributed by atoms with Crippen LogP contribution in [0.4, 0.5) is 0 Å². The number of carboxylic acid groups (broad SMARTS) is 1. The number of fused-ring (bicyclic) bond motifs is 1. The Bertz CT molecular complexity index is 743. The summed E-state index contributed by atoms with van der Waals surface area (Å²) in [6.45, 7) is 1.88. The molecule has 0 unspecified atom stereocenters. The Kier molecular flexibility index (Phi) is 2.12. The smallest absolute Gasteiger partial charge is 0.337 e. The van der Waals surface area contributed by atoms with E-state index in [1.54, 1.807) is 6.20 Å². The molecule has 18 heavy (non-hydrogen) atoms. The van der Waals surface area contributed by atoms with Gasteiger partial charge in [0.05, 0.1) is 22.8 Å². The SMILES string of the molecule is Cc1[nH]ncc1-c1nc2ncc(C(=O)O)cc2[nH]1. The molecule has 3 N–H and O–H groups in total. The number of rotatable bonds is 2. The number of carboxylic acids is 1. The lowest BCUT2D eigenvalue weighted by Gasteiger charge is -1.92. The normalized spacial score (nSPS) is 10.9. The van der Waals surface area contributed by atoms with Crippen LogP contribution in [0, 0.1) is 6.92 Å². The minimum Gasteiger partial charge on any atom is -0.478 e. The van der Waals surface area contributed by atoms with Crippen LogP contribution < -0.4 is 0 Å². The highest BCUT2D eigenvalue weighted by Crippen LogP contribution is 2.21. The summed E-state index contributed by atoms with van der Waals surface area (Å²) in [5.74, 6) is -0.397. The number of hydrogen-bond acceptors (Lipinski definition) is 4. The largest absolute Gasteiger partial charge is 0.478 e. The quantitative estimate of drug-likeness (QED) is 0.629. The van der Waals surface area contributed by atoms with Crippen molar-refractivity contribution in [2.24, 2.45) is 0 Å². The molecule has 3 rings (SSSR count). The fourth-order valence-electron chi connectivity index (χ4n) is 1.73. The number of H-pyrrole nitrogens is 2. The topological polar surface area (TPSA) is 108 Å². The number of aromatic amines is 2. The van der Waals surface area contributed by atoms with Gasteiger partial charge in [0.1, 0.15) is 5.82 Å². The summed E-state index contributed by atoms with van der Waals surface area (Å²) in [7, 11) is 0. The summed E-state index contributed by atoms with van der Waals surface area (Å²) in [5.41, 5.74) is 2.92. The number of hydrogen-bond donors (Lipinski definition) is 3. The lowest BCUT2D eigenvalue weighted by Crippen LogP contribution is -1.96. The number of nitrogens with one attached hydrogen (secondary N) is 2. The standard InChI is InChI=1S/C11H9N5O2/c1-5-7(4-13-16-5)9-14-8-2-6(11(17)18)3-12-10(8)15-9/h2-4H,1H3,(H,13,16)(H,17,18)(H,12,14,15). The third kappa shape index (κ3) is 1.53. The molecule has 0 saturated carbocycles. The van der Waals surface area contributed by atoms with E-state index in [9.17, 15) is 4.79 Å². The summed E-state index contributed by atoms with van der Waals surface area (Å²) in [4.78, 5) is 22.2. The Morgan fingerprint density at radius 2 is 2.22 bits per heavy atom. The van der Waals surface area contributed by atoms with Gasteiger partial charge in [-0.2, -0.15) is 5.10 Å². The van der Waals surface area contributed by atoms with Crippen LogP contribution in [0.2, 0.25) is 0 Å². The van der Waals surface area contributed by atoms with E-state index < -0.39 is 5.97 Å². The predicted octanol–water partition coefficient (Wildman–Crippen LogP) is 1.35. The number of aryl methyl sites for hydroxylation is 1. The van der Waals surface area contributed by atoms with E-state index in [4.69, 9.17) is 5.11 Å². The van der Waals surface area contributed by atoms with Crippen LogP contribution in [0.5, 0.6) is 0 Å². The fraction of sp³-hybridized carbons (Fsp3) is 0.0909. The molecule has 0 atom stereocenters. The molecular weight excluding hydrogens is 234 g/mol. The van der Waals surface area contributed by atoms with Gasteiger partial charge in [0.25, 0.3) is 0 Å². The van der Waals surface area contributed by atoms with E-state index in [0.29, 0.717) is 17.0 Å². The van der Waals surface area contributed by atoms with Gasteiger partial charge in [-0.15, -0.1) is 0 Å². The summed E-state index contributed by atoms with van der Waals surface area (Å²) >= 11 is 0. The van der Waals surface area contributed by atoms with Gasteiger partial charge < -0.3 is 10.1 Å². The Balaban J connectivity index is 2.17. The Morgan fingerprint density at radius 3 is 2.89 bits per heavy atom. The van der Waals surface area contributed by atoms with Gasteiger partial charge in [-0.05, 0) is 13.0 Å². The first-order valence-corrected chi connectivity index (χ1v) is 5.24. The van der Waals surface area contributed by atoms with Gasteiger partial charge in [-0.1, -0.05) is 0 Å². The van der Waals surface area contributed by atoms with Gasteiger partial charge in [-0.25, -0.2) is 14.8 Å². The van der Waals surface area contributed by atoms with Crippen LogP contribution in [-0.4, -0.2) is 36.2 Å². The molecule has 90 valence electrons. The average Bonchev–Trinajstić information content (AvgIpc) is 2.92. The molecule has 0 aliphatic rings. The molecular formula is C11H9N5O2. The third-order valence-electron chi connectivity index (χ3n) is 2.67. The van der Waals surface area contributed by atoms with Crippen molar-refractivity contribution in [2.75, 3.05) is 0 Å². The molecule has 0 bridgehead atoms. The lowest BCUT2D eigenvalue weighted by atomic mass is 10.2. The van der Waals surface area contributed by atoms with Gasteiger partial charge in [0.2, 0.25) is 0 Å². The Labute approximate surface area is 101 Å². The van der Waals surface area contributed by atoms with E-state index in [2.05, 4.69) is 25.1 Å². The van der Waals surface area contributed by atoms with Crippen molar-refractivity contribution in [3.63, 3.8) is 0 Å². The highest BCUT2D eigenvalue weighted by molar-refractivity contribution is 5.91. The fourth-order valence-corrected chi connectivity index (χ4v) is 1.73. The molecule has 3 aromatic heterocycles. The average molecular weight is 243 g/mol. The summed E-state index contributed by atoms with van der Waals surface area (Å²) < 4.78 is 0. The van der Waals surface area contributed by atoms with E-state index in [-0.39, 0.29) is 5.56 Å². The second-order valence-corrected chi connectivity index (χ2v) is 3.89. The molecule has 0 amide bonds. The van der Waals surface area contributed by atoms with E-state index in [0.717, 1.165) is 11.3 Å². The Hall–Kier alpha value is -2.70. The molecule has 0 spiro atoms. The minimum absolute atomic E-state index is 0.126. The zero-order valence-electron chi connectivity index (χ0n) is 9.43. The molecule has 0 aliphatic heterocycles. The number of carbonyl (C=O) groups is 1. The van der Waals surface area contributed by atoms with Crippen molar-refractivity contribution in [3.8, 4) is 11.4 Å². The van der Waals surface area contributed by atoms with E-state index in [1.165, 1.54) is 12.3 Å². The monoisotopic (exact) mass is 243 g/mol. The summed E-state index contributed by atoms with van der Waals surface area (Å²) in [6.07, 6.45) is 2.95. The molecule has 7 heteroatoms. The molecule has 0 aromatic carbocycles. The molecule has 0 radical (unpaired) electrons. The Morgan fingerprint density at radius 1 is 1.39 bits per heavy atom. The van der Waals surface area contributed by atoms with E-state index in [1.807, 2.05) is 6.92 Å². The zero-order valence-corrected chi connectivity index (χ0v) is 9.43. The maximum absolute atomic E-state index is 10.8. The van der Waals surface area contributed by atoms with Crippen LogP contribution in [-0.2, 0) is 0 Å². The zero-order chi connectivity index (χ0) is 12.7. The second kappa shape index (κ2) is 3.66. The van der Waals surface area contributed by atoms with Crippen molar-refractivity contribution in [1.29, 1.82) is 0 Å². The number of pyridine rings is 1. The highest BCUT2D eigenvalue weighted by Gasteiger charge is 2.12. The first-order valence-electron chi connectivity index (χ1n) is 5.24. The lowest BCUT2D eigenvalue weighted by molar-refractivity contribution is 0.0696. The first-order chi connectivity index (χ1) is 8.65. The molecule has 3 aromatic rings. The van der Waals surface area contributed by atoms with Crippen molar-refractivity contribution in [3.05, 3.63) is 29.7 Å². The van der Waals surface area contributed by atoms with E-state index >= 15 is 0 Å². The maximum Gasteiger partial charge on any atom is 0.337 e. The minimum atomic E-state index is -1.01. The van der Waals surface area contributed by atoms with Crippen LogP contribution >= 0.6 is 0 Å². The summed E-state index contributed by atoms with van der Waals surface area (Å²) in [6, 6.07) is 1.51. The number of aromatic carboxylic acids is 1. The molecule has 0 aliphatic carbocycles. The molecule has 0 fully saturated rings. The van der Waals surface area contributed by atoms with Crippen molar-refractivity contribution >= 4 is 17.1 Å². The maximum atomic E-state index is 10.8. The van der Waals surface area contributed by atoms with Gasteiger partial charge in [-0.3, -0.25) is 5.10 Å². The van der Waals surface area contributed by atoms with Gasteiger partial charge in [0.15, 0.2) is 5.65 Å². The third-order valence-corrected chi connectivity index (χ3v) is 2.67. The van der Waals surface area contributed by atoms with Crippen molar-refractivity contribution in [1.82, 2.24) is 25.1 Å². The van der Waals surface area contributed by atoms with Crippen LogP contribution in [0.25, 0.3) is 22.6 Å². The first kappa shape index (κ1) is 10.5.